The molecule has 12 heavy (non-hydrogen) atoms. The summed E-state index contributed by atoms with van der Waals surface area (Å²) in [6.07, 6.45) is 4.19. The number of aryl methyl sites for hydroxylation is 2. The third-order valence-electron chi connectivity index (χ3n) is 2.69. The molecule has 0 amide bonds. The van der Waals surface area contributed by atoms with E-state index in [-0.39, 0.29) is 0 Å². The number of nitrogens with two attached hydrogens (primary N) is 1. The summed E-state index contributed by atoms with van der Waals surface area (Å²) < 4.78 is 2.21. The van der Waals surface area contributed by atoms with Crippen LogP contribution in [0, 0.1) is 6.92 Å². The number of rotatable bonds is 0. The number of aromatic nitrogens is 2. The van der Waals surface area contributed by atoms with Gasteiger partial charge in [-0.1, -0.05) is 0 Å². The first kappa shape index (κ1) is 7.80. The van der Waals surface area contributed by atoms with Gasteiger partial charge in [-0.05, 0) is 20.3 Å². The van der Waals surface area contributed by atoms with E-state index < -0.39 is 0 Å². The summed E-state index contributed by atoms with van der Waals surface area (Å²) in [6.45, 7) is 4.19. The maximum atomic E-state index is 5.95. The molecule has 1 aliphatic heterocycles. The molecule has 1 aromatic heterocycles. The number of hydrogen-bond acceptors (Lipinski definition) is 2. The molecule has 3 heteroatoms. The number of nitrogens with zero attached hydrogens (tertiary/aromatic N) is 2. The molecule has 2 heterocycles. The molecule has 1 aromatic rings. The minimum absolute atomic E-state index is 0.297. The summed E-state index contributed by atoms with van der Waals surface area (Å²) in [7, 11) is 0. The third kappa shape index (κ3) is 1.05. The second-order valence-corrected chi connectivity index (χ2v) is 3.65. The van der Waals surface area contributed by atoms with Crippen LogP contribution in [0.25, 0.3) is 0 Å². The van der Waals surface area contributed by atoms with Crippen molar-refractivity contribution in [2.75, 3.05) is 0 Å². The lowest BCUT2D eigenvalue weighted by Gasteiger charge is -2.27. The normalized spacial score (nSPS) is 28.6. The van der Waals surface area contributed by atoms with Gasteiger partial charge in [0, 0.05) is 24.7 Å². The summed E-state index contributed by atoms with van der Waals surface area (Å²) in [5, 5.41) is 0. The van der Waals surface area contributed by atoms with E-state index in [1.165, 1.54) is 5.82 Å². The maximum absolute atomic E-state index is 5.95. The molecule has 66 valence electrons. The van der Waals surface area contributed by atoms with Crippen LogP contribution in [0.4, 0.5) is 0 Å². The van der Waals surface area contributed by atoms with E-state index in [0.717, 1.165) is 18.5 Å². The lowest BCUT2D eigenvalue weighted by molar-refractivity contribution is 0.367. The van der Waals surface area contributed by atoms with E-state index in [4.69, 9.17) is 5.73 Å². The van der Waals surface area contributed by atoms with E-state index in [2.05, 4.69) is 22.7 Å². The van der Waals surface area contributed by atoms with Crippen LogP contribution in [0.3, 0.4) is 0 Å². The summed E-state index contributed by atoms with van der Waals surface area (Å²) in [4.78, 5) is 4.44. The lowest BCUT2D eigenvalue weighted by Crippen LogP contribution is -2.35. The zero-order chi connectivity index (χ0) is 8.72. The first-order chi connectivity index (χ1) is 5.68. The average Bonchev–Trinajstić information content (AvgIpc) is 2.39. The van der Waals surface area contributed by atoms with Gasteiger partial charge in [0.2, 0.25) is 0 Å². The Labute approximate surface area is 72.6 Å². The number of fused-ring (bicyclic) bond motifs is 1. The van der Waals surface area contributed by atoms with Crippen LogP contribution in [0.5, 0.6) is 0 Å². The summed E-state index contributed by atoms with van der Waals surface area (Å²) >= 11 is 0. The molecule has 2 N–H and O–H groups in total. The Bertz CT molecular complexity index is 290. The van der Waals surface area contributed by atoms with Crippen LogP contribution >= 0.6 is 0 Å². The second-order valence-electron chi connectivity index (χ2n) is 3.65. The van der Waals surface area contributed by atoms with Crippen molar-refractivity contribution in [2.24, 2.45) is 5.73 Å². The zero-order valence-corrected chi connectivity index (χ0v) is 7.62. The van der Waals surface area contributed by atoms with Crippen molar-refractivity contribution in [1.29, 1.82) is 0 Å². The van der Waals surface area contributed by atoms with Gasteiger partial charge in [0.15, 0.2) is 0 Å². The Morgan fingerprint density at radius 3 is 3.17 bits per heavy atom. The van der Waals surface area contributed by atoms with Crippen molar-refractivity contribution in [3.8, 4) is 0 Å². The molecule has 0 saturated carbocycles. The SMILES string of the molecule is Cc1cn2c(n1)CCC(N)C2C. The van der Waals surface area contributed by atoms with Crippen molar-refractivity contribution in [3.63, 3.8) is 0 Å². The van der Waals surface area contributed by atoms with Gasteiger partial charge in [-0.3, -0.25) is 0 Å². The smallest absolute Gasteiger partial charge is 0.109 e. The highest BCUT2D eigenvalue weighted by Gasteiger charge is 2.23. The fraction of sp³-hybridized carbons (Fsp3) is 0.667. The molecule has 0 radical (unpaired) electrons. The van der Waals surface area contributed by atoms with Crippen molar-refractivity contribution < 1.29 is 0 Å². The molecule has 1 aliphatic rings. The molecule has 0 bridgehead atoms. The Morgan fingerprint density at radius 1 is 1.67 bits per heavy atom. The van der Waals surface area contributed by atoms with Crippen LogP contribution in [0.15, 0.2) is 6.20 Å². The predicted octanol–water partition coefficient (Wildman–Crippen LogP) is 1.03. The molecule has 2 rings (SSSR count). The van der Waals surface area contributed by atoms with Crippen molar-refractivity contribution >= 4 is 0 Å². The molecule has 0 aromatic carbocycles. The average molecular weight is 165 g/mol. The van der Waals surface area contributed by atoms with Crippen molar-refractivity contribution in [2.45, 2.75) is 38.8 Å². The quantitative estimate of drug-likeness (QED) is 0.624. The Morgan fingerprint density at radius 2 is 2.42 bits per heavy atom. The lowest BCUT2D eigenvalue weighted by atomic mass is 10.0. The molecule has 0 aliphatic carbocycles. The Kier molecular flexibility index (Phi) is 1.68. The predicted molar refractivity (Wildman–Crippen MR) is 48.0 cm³/mol. The topological polar surface area (TPSA) is 43.8 Å². The Balaban J connectivity index is 2.41. The van der Waals surface area contributed by atoms with Crippen molar-refractivity contribution in [1.82, 2.24) is 9.55 Å². The first-order valence-electron chi connectivity index (χ1n) is 4.48. The van der Waals surface area contributed by atoms with Crippen LogP contribution in [-0.4, -0.2) is 15.6 Å². The van der Waals surface area contributed by atoms with E-state index in [1.54, 1.807) is 0 Å². The molecule has 0 fully saturated rings. The standard InChI is InChI=1S/C9H15N3/c1-6-5-12-7(2)8(10)3-4-9(12)11-6/h5,7-8H,3-4,10H2,1-2H3. The molecular formula is C9H15N3. The number of imidazole rings is 1. The fourth-order valence-corrected chi connectivity index (χ4v) is 1.85. The van der Waals surface area contributed by atoms with Gasteiger partial charge in [-0.25, -0.2) is 4.98 Å². The monoisotopic (exact) mass is 165 g/mol. The van der Waals surface area contributed by atoms with Crippen LogP contribution in [0.1, 0.15) is 30.9 Å². The minimum Gasteiger partial charge on any atom is -0.330 e. The summed E-state index contributed by atoms with van der Waals surface area (Å²) in [6, 6.07) is 0.709. The molecular weight excluding hydrogens is 150 g/mol. The highest BCUT2D eigenvalue weighted by Crippen LogP contribution is 2.23. The first-order valence-corrected chi connectivity index (χ1v) is 4.48. The van der Waals surface area contributed by atoms with Gasteiger partial charge in [-0.2, -0.15) is 0 Å². The molecule has 0 saturated heterocycles. The van der Waals surface area contributed by atoms with E-state index in [1.807, 2.05) is 6.92 Å². The Hall–Kier alpha value is -0.830. The highest BCUT2D eigenvalue weighted by atomic mass is 15.1. The van der Waals surface area contributed by atoms with Gasteiger partial charge in [0.25, 0.3) is 0 Å². The fourth-order valence-electron chi connectivity index (χ4n) is 1.85. The van der Waals surface area contributed by atoms with Gasteiger partial charge in [0.05, 0.1) is 5.69 Å². The molecule has 2 unspecified atom stereocenters. The second kappa shape index (κ2) is 2.59. The van der Waals surface area contributed by atoms with Gasteiger partial charge >= 0.3 is 0 Å². The van der Waals surface area contributed by atoms with Crippen LogP contribution in [-0.2, 0) is 6.42 Å². The maximum Gasteiger partial charge on any atom is 0.109 e. The molecule has 2 atom stereocenters. The number of hydrogen-bond donors (Lipinski definition) is 1. The van der Waals surface area contributed by atoms with Gasteiger partial charge < -0.3 is 10.3 Å². The van der Waals surface area contributed by atoms with E-state index in [0.29, 0.717) is 12.1 Å². The van der Waals surface area contributed by atoms with Gasteiger partial charge in [-0.15, -0.1) is 0 Å². The van der Waals surface area contributed by atoms with E-state index in [9.17, 15) is 0 Å². The van der Waals surface area contributed by atoms with Crippen LogP contribution < -0.4 is 5.73 Å². The van der Waals surface area contributed by atoms with Crippen molar-refractivity contribution in [3.05, 3.63) is 17.7 Å². The molecule has 3 nitrogen and oxygen atoms in total. The minimum atomic E-state index is 0.297. The summed E-state index contributed by atoms with van der Waals surface area (Å²) in [5.41, 5.74) is 7.06. The van der Waals surface area contributed by atoms with E-state index >= 15 is 0 Å². The third-order valence-corrected chi connectivity index (χ3v) is 2.69. The molecule has 0 spiro atoms. The largest absolute Gasteiger partial charge is 0.330 e. The zero-order valence-electron chi connectivity index (χ0n) is 7.62. The summed E-state index contributed by atoms with van der Waals surface area (Å²) in [5.74, 6) is 1.20. The van der Waals surface area contributed by atoms with Gasteiger partial charge in [0.1, 0.15) is 5.82 Å². The highest BCUT2D eigenvalue weighted by molar-refractivity contribution is 5.08. The van der Waals surface area contributed by atoms with Crippen LogP contribution in [0.2, 0.25) is 0 Å².